The molecule has 6 heteroatoms. The van der Waals surface area contributed by atoms with E-state index in [1.807, 2.05) is 29.2 Å². The molecule has 0 N–H and O–H groups in total. The lowest BCUT2D eigenvalue weighted by Crippen LogP contribution is -2.49. The number of para-hydroxylation sites is 2. The monoisotopic (exact) mass is 336 g/mol. The molecule has 3 aliphatic rings. The molecule has 126 valence electrons. The largest absolute Gasteiger partial charge is 0.454 e. The first kappa shape index (κ1) is 14.3. The highest BCUT2D eigenvalue weighted by Crippen LogP contribution is 2.41. The fourth-order valence-corrected chi connectivity index (χ4v) is 3.43. The molecule has 0 aromatic heterocycles. The molecule has 2 heterocycles. The number of amides is 2. The summed E-state index contributed by atoms with van der Waals surface area (Å²) in [4.78, 5) is 29.1. The normalized spacial score (nSPS) is 18.3. The lowest BCUT2D eigenvalue weighted by molar-refractivity contribution is -0.117. The van der Waals surface area contributed by atoms with Crippen LogP contribution in [-0.2, 0) is 4.79 Å². The molecule has 1 saturated carbocycles. The Morgan fingerprint density at radius 3 is 2.56 bits per heavy atom. The Hall–Kier alpha value is -3.02. The number of benzene rings is 2. The molecule has 2 aromatic carbocycles. The Bertz CT molecular complexity index is 891. The van der Waals surface area contributed by atoms with Crippen LogP contribution in [0.5, 0.6) is 11.5 Å². The van der Waals surface area contributed by atoms with E-state index in [0.717, 1.165) is 24.2 Å². The predicted molar refractivity (Wildman–Crippen MR) is 91.2 cm³/mol. The van der Waals surface area contributed by atoms with Gasteiger partial charge in [0.25, 0.3) is 5.91 Å². The molecule has 0 unspecified atom stereocenters. The van der Waals surface area contributed by atoms with Gasteiger partial charge in [-0.15, -0.1) is 0 Å². The third-order valence-corrected chi connectivity index (χ3v) is 4.77. The van der Waals surface area contributed by atoms with E-state index in [1.54, 1.807) is 23.1 Å². The summed E-state index contributed by atoms with van der Waals surface area (Å²) >= 11 is 0. The van der Waals surface area contributed by atoms with E-state index in [9.17, 15) is 9.59 Å². The third-order valence-electron chi connectivity index (χ3n) is 4.77. The van der Waals surface area contributed by atoms with Gasteiger partial charge in [-0.05, 0) is 43.2 Å². The number of anilines is 2. The molecule has 0 bridgehead atoms. The Kier molecular flexibility index (Phi) is 3.00. The lowest BCUT2D eigenvalue weighted by atomic mass is 10.1. The summed E-state index contributed by atoms with van der Waals surface area (Å²) in [6.45, 7) is 0.217. The van der Waals surface area contributed by atoms with E-state index >= 15 is 0 Å². The van der Waals surface area contributed by atoms with Crippen molar-refractivity contribution in [1.82, 2.24) is 0 Å². The van der Waals surface area contributed by atoms with Gasteiger partial charge in [0.1, 0.15) is 6.54 Å². The van der Waals surface area contributed by atoms with E-state index < -0.39 is 0 Å². The van der Waals surface area contributed by atoms with Gasteiger partial charge in [-0.2, -0.15) is 0 Å². The summed E-state index contributed by atoms with van der Waals surface area (Å²) in [7, 11) is 0. The average Bonchev–Trinajstić information content (AvgIpc) is 3.35. The van der Waals surface area contributed by atoms with Crippen molar-refractivity contribution in [2.45, 2.75) is 18.9 Å². The number of ether oxygens (including phenoxy) is 2. The van der Waals surface area contributed by atoms with Crippen LogP contribution in [0.1, 0.15) is 23.2 Å². The van der Waals surface area contributed by atoms with Gasteiger partial charge < -0.3 is 14.4 Å². The molecule has 0 spiro atoms. The zero-order valence-electron chi connectivity index (χ0n) is 13.5. The van der Waals surface area contributed by atoms with E-state index in [-0.39, 0.29) is 31.2 Å². The standard InChI is InChI=1S/C19H16N2O4/c22-18-10-20(14-3-1-2-4-15(14)21(18)13-6-7-13)19(23)12-5-8-16-17(9-12)25-11-24-16/h1-5,8-9,13H,6-7,10-11H2. The van der Waals surface area contributed by atoms with Gasteiger partial charge in [-0.3, -0.25) is 14.5 Å². The molecule has 0 atom stereocenters. The maximum atomic E-state index is 13.1. The molecule has 0 saturated heterocycles. The van der Waals surface area contributed by atoms with Crippen molar-refractivity contribution in [1.29, 1.82) is 0 Å². The Labute approximate surface area is 144 Å². The summed E-state index contributed by atoms with van der Waals surface area (Å²) < 4.78 is 10.6. The smallest absolute Gasteiger partial charge is 0.258 e. The van der Waals surface area contributed by atoms with Crippen molar-refractivity contribution < 1.29 is 19.1 Å². The van der Waals surface area contributed by atoms with Crippen LogP contribution in [0.3, 0.4) is 0 Å². The van der Waals surface area contributed by atoms with Gasteiger partial charge in [0.15, 0.2) is 11.5 Å². The van der Waals surface area contributed by atoms with Crippen molar-refractivity contribution in [2.75, 3.05) is 23.1 Å². The molecule has 2 aromatic rings. The first-order valence-corrected chi connectivity index (χ1v) is 8.35. The topological polar surface area (TPSA) is 59.1 Å². The molecule has 1 aliphatic carbocycles. The molecule has 5 rings (SSSR count). The van der Waals surface area contributed by atoms with E-state index in [1.165, 1.54) is 0 Å². The molecule has 25 heavy (non-hydrogen) atoms. The number of nitrogens with zero attached hydrogens (tertiary/aromatic N) is 2. The van der Waals surface area contributed by atoms with Crippen molar-refractivity contribution in [3.63, 3.8) is 0 Å². The minimum Gasteiger partial charge on any atom is -0.454 e. The zero-order valence-corrected chi connectivity index (χ0v) is 13.5. The number of carbonyl (C=O) groups excluding carboxylic acids is 2. The fraction of sp³-hybridized carbons (Fsp3) is 0.263. The van der Waals surface area contributed by atoms with Crippen LogP contribution in [0.2, 0.25) is 0 Å². The van der Waals surface area contributed by atoms with Crippen molar-refractivity contribution in [3.8, 4) is 11.5 Å². The highest BCUT2D eigenvalue weighted by Gasteiger charge is 2.40. The van der Waals surface area contributed by atoms with Crippen LogP contribution in [0, 0.1) is 0 Å². The van der Waals surface area contributed by atoms with Gasteiger partial charge in [0.2, 0.25) is 12.7 Å². The van der Waals surface area contributed by atoms with Crippen LogP contribution in [0.25, 0.3) is 0 Å². The van der Waals surface area contributed by atoms with Gasteiger partial charge in [-0.25, -0.2) is 0 Å². The fourth-order valence-electron chi connectivity index (χ4n) is 3.43. The molecule has 2 amide bonds. The summed E-state index contributed by atoms with van der Waals surface area (Å²) in [5.41, 5.74) is 2.07. The Morgan fingerprint density at radius 2 is 1.76 bits per heavy atom. The molecule has 6 nitrogen and oxygen atoms in total. The van der Waals surface area contributed by atoms with Gasteiger partial charge in [0, 0.05) is 11.6 Å². The van der Waals surface area contributed by atoms with Crippen molar-refractivity contribution in [3.05, 3.63) is 48.0 Å². The summed E-state index contributed by atoms with van der Waals surface area (Å²) in [5.74, 6) is 0.943. The van der Waals surface area contributed by atoms with Crippen molar-refractivity contribution in [2.24, 2.45) is 0 Å². The first-order valence-electron chi connectivity index (χ1n) is 8.35. The van der Waals surface area contributed by atoms with Gasteiger partial charge in [0.05, 0.1) is 11.4 Å². The van der Waals surface area contributed by atoms with E-state index in [0.29, 0.717) is 17.1 Å². The lowest BCUT2D eigenvalue weighted by Gasteiger charge is -2.36. The van der Waals surface area contributed by atoms with Gasteiger partial charge in [-0.1, -0.05) is 12.1 Å². The van der Waals surface area contributed by atoms with Crippen LogP contribution in [-0.4, -0.2) is 31.2 Å². The third kappa shape index (κ3) is 2.25. The number of carbonyl (C=O) groups is 2. The summed E-state index contributed by atoms with van der Waals surface area (Å²) in [6, 6.07) is 13.0. The highest BCUT2D eigenvalue weighted by molar-refractivity contribution is 6.16. The zero-order chi connectivity index (χ0) is 17.0. The second-order valence-electron chi connectivity index (χ2n) is 6.44. The quantitative estimate of drug-likeness (QED) is 0.846. The first-order chi connectivity index (χ1) is 12.2. The molecule has 0 radical (unpaired) electrons. The second kappa shape index (κ2) is 5.24. The molecular weight excluding hydrogens is 320 g/mol. The Morgan fingerprint density at radius 1 is 1.00 bits per heavy atom. The summed E-state index contributed by atoms with van der Waals surface area (Å²) in [5, 5.41) is 0. The van der Waals surface area contributed by atoms with Crippen LogP contribution in [0.15, 0.2) is 42.5 Å². The SMILES string of the molecule is O=C(c1ccc2c(c1)OCO2)N1CC(=O)N(C2CC2)c2ccccc21. The minimum absolute atomic E-state index is 0.0321. The maximum Gasteiger partial charge on any atom is 0.258 e. The maximum absolute atomic E-state index is 13.1. The second-order valence-corrected chi connectivity index (χ2v) is 6.44. The van der Waals surface area contributed by atoms with Crippen LogP contribution < -0.4 is 19.3 Å². The minimum atomic E-state index is -0.213. The van der Waals surface area contributed by atoms with Crippen molar-refractivity contribution >= 4 is 23.2 Å². The number of hydrogen-bond acceptors (Lipinski definition) is 4. The molecule has 2 aliphatic heterocycles. The van der Waals surface area contributed by atoms with E-state index in [2.05, 4.69) is 0 Å². The molecular formula is C19H16N2O4. The number of hydrogen-bond donors (Lipinski definition) is 0. The number of rotatable bonds is 2. The van der Waals surface area contributed by atoms with Gasteiger partial charge >= 0.3 is 0 Å². The average molecular weight is 336 g/mol. The summed E-state index contributed by atoms with van der Waals surface area (Å²) in [6.07, 6.45) is 2.05. The van der Waals surface area contributed by atoms with E-state index in [4.69, 9.17) is 9.47 Å². The highest BCUT2D eigenvalue weighted by atomic mass is 16.7. The predicted octanol–water partition coefficient (Wildman–Crippen LogP) is 2.57. The Balaban J connectivity index is 1.54. The molecule has 1 fully saturated rings. The van der Waals surface area contributed by atoms with Crippen LogP contribution in [0.4, 0.5) is 11.4 Å². The number of fused-ring (bicyclic) bond motifs is 2. The van der Waals surface area contributed by atoms with Crippen LogP contribution >= 0.6 is 0 Å².